The zero-order chi connectivity index (χ0) is 13.8. The van der Waals surface area contributed by atoms with Crippen molar-refractivity contribution >= 4 is 0 Å². The maximum absolute atomic E-state index is 9.13. The maximum Gasteiger partial charge on any atom is 0.0563 e. The largest absolute Gasteiger partial charge is 0.393 e. The van der Waals surface area contributed by atoms with Crippen LogP contribution in [0.3, 0.4) is 0 Å². The van der Waals surface area contributed by atoms with Crippen molar-refractivity contribution in [2.24, 2.45) is 11.8 Å². The highest BCUT2D eigenvalue weighted by Crippen LogP contribution is 2.10. The van der Waals surface area contributed by atoms with E-state index in [4.69, 9.17) is 10.2 Å². The van der Waals surface area contributed by atoms with Crippen LogP contribution in [0.25, 0.3) is 0 Å². The van der Waals surface area contributed by atoms with Crippen LogP contribution in [0, 0.1) is 11.8 Å². The van der Waals surface area contributed by atoms with E-state index in [0.717, 1.165) is 31.6 Å². The van der Waals surface area contributed by atoms with Crippen molar-refractivity contribution in [1.29, 1.82) is 0 Å². The number of rotatable bonds is 7. The Morgan fingerprint density at radius 2 is 1.29 bits per heavy atom. The molecule has 0 bridgehead atoms. The minimum atomic E-state index is -0.112. The smallest absolute Gasteiger partial charge is 0.0563 e. The summed E-state index contributed by atoms with van der Waals surface area (Å²) < 4.78 is 0. The van der Waals surface area contributed by atoms with Crippen molar-refractivity contribution < 1.29 is 10.2 Å². The van der Waals surface area contributed by atoms with E-state index in [1.807, 2.05) is 13.8 Å². The van der Waals surface area contributed by atoms with Crippen LogP contribution < -0.4 is 0 Å². The van der Waals surface area contributed by atoms with Gasteiger partial charge in [-0.1, -0.05) is 47.5 Å². The highest BCUT2D eigenvalue weighted by atomic mass is 16.3. The van der Waals surface area contributed by atoms with Crippen LogP contribution in [-0.4, -0.2) is 22.4 Å². The Balaban J connectivity index is 0. The quantitative estimate of drug-likeness (QED) is 0.713. The van der Waals surface area contributed by atoms with Gasteiger partial charge in [-0.2, -0.15) is 0 Å². The van der Waals surface area contributed by atoms with Crippen molar-refractivity contribution in [2.75, 3.05) is 0 Å². The van der Waals surface area contributed by atoms with Crippen molar-refractivity contribution in [3.05, 3.63) is 0 Å². The van der Waals surface area contributed by atoms with Crippen LogP contribution in [0.2, 0.25) is 0 Å². The van der Waals surface area contributed by atoms with Gasteiger partial charge in [0.2, 0.25) is 0 Å². The highest BCUT2D eigenvalue weighted by Gasteiger charge is 2.07. The summed E-state index contributed by atoms with van der Waals surface area (Å²) in [5.74, 6) is 1.25. The number of hydrogen-bond donors (Lipinski definition) is 2. The fraction of sp³-hybridized carbons (Fsp3) is 1.00. The lowest BCUT2D eigenvalue weighted by molar-refractivity contribution is 0.111. The van der Waals surface area contributed by atoms with E-state index in [1.54, 1.807) is 0 Å². The van der Waals surface area contributed by atoms with Crippen molar-refractivity contribution in [1.82, 2.24) is 0 Å². The van der Waals surface area contributed by atoms with Gasteiger partial charge in [-0.05, 0) is 38.0 Å². The molecule has 0 aromatic heterocycles. The first kappa shape index (κ1) is 19.3. The van der Waals surface area contributed by atoms with E-state index in [-0.39, 0.29) is 12.2 Å². The van der Waals surface area contributed by atoms with E-state index in [9.17, 15) is 0 Å². The Labute approximate surface area is 108 Å². The first-order valence-electron chi connectivity index (χ1n) is 7.24. The SMILES string of the molecule is CCC(C)C(O)CC.CCC(C)CCC(C)O. The summed E-state index contributed by atoms with van der Waals surface area (Å²) in [5, 5.41) is 18.0. The lowest BCUT2D eigenvalue weighted by Crippen LogP contribution is -2.14. The lowest BCUT2D eigenvalue weighted by Gasteiger charge is -2.13. The van der Waals surface area contributed by atoms with Gasteiger partial charge in [0.05, 0.1) is 12.2 Å². The molecule has 0 aliphatic heterocycles. The molecule has 0 fully saturated rings. The molecule has 0 aliphatic rings. The summed E-state index contributed by atoms with van der Waals surface area (Å²) in [6, 6.07) is 0. The lowest BCUT2D eigenvalue weighted by atomic mass is 10.0. The standard InChI is InChI=1S/C8H18O.C7H16O/c1-4-7(2)5-6-8(3)9;1-4-6(3)7(8)5-2/h7-9H,4-6H2,1-3H3;6-8H,4-5H2,1-3H3. The minimum absolute atomic E-state index is 0.0833. The van der Waals surface area contributed by atoms with E-state index < -0.39 is 0 Å². The number of hydrogen-bond acceptors (Lipinski definition) is 2. The Bertz CT molecular complexity index is 138. The van der Waals surface area contributed by atoms with Crippen molar-refractivity contribution in [3.63, 3.8) is 0 Å². The fourth-order valence-corrected chi connectivity index (χ4v) is 1.40. The third-order valence-corrected chi connectivity index (χ3v) is 3.49. The van der Waals surface area contributed by atoms with Gasteiger partial charge in [-0.15, -0.1) is 0 Å². The highest BCUT2D eigenvalue weighted by molar-refractivity contribution is 4.59. The predicted octanol–water partition coefficient (Wildman–Crippen LogP) is 4.00. The van der Waals surface area contributed by atoms with Crippen LogP contribution in [0.1, 0.15) is 73.6 Å². The van der Waals surface area contributed by atoms with Gasteiger partial charge in [0, 0.05) is 0 Å². The Morgan fingerprint density at radius 1 is 0.765 bits per heavy atom. The molecule has 106 valence electrons. The first-order chi connectivity index (χ1) is 7.88. The Kier molecular flexibility index (Phi) is 14.0. The average molecular weight is 246 g/mol. The van der Waals surface area contributed by atoms with Crippen LogP contribution in [0.15, 0.2) is 0 Å². The van der Waals surface area contributed by atoms with Crippen LogP contribution in [-0.2, 0) is 0 Å². The molecule has 0 aromatic carbocycles. The number of aliphatic hydroxyl groups is 2. The molecule has 17 heavy (non-hydrogen) atoms. The monoisotopic (exact) mass is 246 g/mol. The third-order valence-electron chi connectivity index (χ3n) is 3.49. The molecule has 2 nitrogen and oxygen atoms in total. The molecule has 4 atom stereocenters. The Morgan fingerprint density at radius 3 is 1.53 bits per heavy atom. The molecular weight excluding hydrogens is 212 g/mol. The molecule has 0 rings (SSSR count). The summed E-state index contributed by atoms with van der Waals surface area (Å²) in [6.07, 6.45) is 5.11. The van der Waals surface area contributed by atoms with Gasteiger partial charge in [0.15, 0.2) is 0 Å². The van der Waals surface area contributed by atoms with E-state index in [1.165, 1.54) is 6.42 Å². The van der Waals surface area contributed by atoms with Crippen LogP contribution in [0.4, 0.5) is 0 Å². The predicted molar refractivity (Wildman–Crippen MR) is 76.1 cm³/mol. The van der Waals surface area contributed by atoms with Gasteiger partial charge in [0.1, 0.15) is 0 Å². The molecule has 0 radical (unpaired) electrons. The molecule has 0 amide bonds. The molecule has 0 saturated heterocycles. The number of aliphatic hydroxyl groups excluding tert-OH is 2. The van der Waals surface area contributed by atoms with E-state index in [0.29, 0.717) is 5.92 Å². The fourth-order valence-electron chi connectivity index (χ4n) is 1.40. The second-order valence-corrected chi connectivity index (χ2v) is 5.30. The summed E-state index contributed by atoms with van der Waals surface area (Å²) in [4.78, 5) is 0. The zero-order valence-electron chi connectivity index (χ0n) is 12.7. The second kappa shape index (κ2) is 12.4. The normalized spacial score (nSPS) is 17.6. The molecule has 0 saturated carbocycles. The topological polar surface area (TPSA) is 40.5 Å². The Hall–Kier alpha value is -0.0800. The molecular formula is C15H34O2. The summed E-state index contributed by atoms with van der Waals surface area (Å²) in [5.41, 5.74) is 0. The molecule has 4 unspecified atom stereocenters. The van der Waals surface area contributed by atoms with Gasteiger partial charge in [-0.25, -0.2) is 0 Å². The summed E-state index contributed by atoms with van der Waals surface area (Å²) in [7, 11) is 0. The second-order valence-electron chi connectivity index (χ2n) is 5.30. The van der Waals surface area contributed by atoms with Gasteiger partial charge in [0.25, 0.3) is 0 Å². The van der Waals surface area contributed by atoms with Crippen molar-refractivity contribution in [2.45, 2.75) is 85.9 Å². The molecule has 0 heterocycles. The molecule has 2 N–H and O–H groups in total. The third kappa shape index (κ3) is 13.9. The van der Waals surface area contributed by atoms with E-state index >= 15 is 0 Å². The molecule has 2 heteroatoms. The van der Waals surface area contributed by atoms with Gasteiger partial charge < -0.3 is 10.2 Å². The van der Waals surface area contributed by atoms with E-state index in [2.05, 4.69) is 27.7 Å². The van der Waals surface area contributed by atoms with Crippen LogP contribution >= 0.6 is 0 Å². The first-order valence-corrected chi connectivity index (χ1v) is 7.24. The van der Waals surface area contributed by atoms with Crippen LogP contribution in [0.5, 0.6) is 0 Å². The minimum Gasteiger partial charge on any atom is -0.393 e. The summed E-state index contributed by atoms with van der Waals surface area (Å²) in [6.45, 7) is 12.5. The van der Waals surface area contributed by atoms with Crippen molar-refractivity contribution in [3.8, 4) is 0 Å². The average Bonchev–Trinajstić information content (AvgIpc) is 2.34. The molecule has 0 spiro atoms. The summed E-state index contributed by atoms with van der Waals surface area (Å²) >= 11 is 0. The molecule has 0 aromatic rings. The molecule has 0 aliphatic carbocycles. The van der Waals surface area contributed by atoms with Gasteiger partial charge in [-0.3, -0.25) is 0 Å². The van der Waals surface area contributed by atoms with Gasteiger partial charge >= 0.3 is 0 Å². The zero-order valence-corrected chi connectivity index (χ0v) is 12.7. The maximum atomic E-state index is 9.13.